The lowest BCUT2D eigenvalue weighted by molar-refractivity contribution is 0.289. The van der Waals surface area contributed by atoms with Crippen LogP contribution in [0.1, 0.15) is 19.3 Å². The van der Waals surface area contributed by atoms with Crippen LogP contribution in [0.2, 0.25) is 0 Å². The molecule has 0 aliphatic carbocycles. The number of hydrogen-bond acceptors (Lipinski definition) is 6. The number of hydrogen-bond donors (Lipinski definition) is 2. The summed E-state index contributed by atoms with van der Waals surface area (Å²) in [6.07, 6.45) is 3.73. The molecular weight excluding hydrogens is 321 g/mol. The van der Waals surface area contributed by atoms with E-state index in [1.54, 1.807) is 12.1 Å². The van der Waals surface area contributed by atoms with Crippen molar-refractivity contribution < 1.29 is 4.39 Å². The van der Waals surface area contributed by atoms with Gasteiger partial charge in [-0.15, -0.1) is 5.10 Å². The van der Waals surface area contributed by atoms with Gasteiger partial charge in [0.2, 0.25) is 11.9 Å². The van der Waals surface area contributed by atoms with E-state index in [9.17, 15) is 4.39 Å². The van der Waals surface area contributed by atoms with Crippen molar-refractivity contribution in [3.05, 3.63) is 24.0 Å². The highest BCUT2D eigenvalue weighted by molar-refractivity contribution is 5.54. The van der Waals surface area contributed by atoms with Crippen LogP contribution >= 0.6 is 0 Å². The molecule has 4 N–H and O–H groups in total. The maximum atomic E-state index is 14.7. The molecule has 0 radical (unpaired) electrons. The molecule has 2 fully saturated rings. The number of nitrogen functional groups attached to an aromatic ring is 2. The Balaban J connectivity index is 1.47. The van der Waals surface area contributed by atoms with Gasteiger partial charge in [-0.05, 0) is 50.4 Å². The average Bonchev–Trinajstić information content (AvgIpc) is 3.30. The van der Waals surface area contributed by atoms with Crippen molar-refractivity contribution in [3.8, 4) is 5.69 Å². The number of nitrogens with two attached hydrogens (primary N) is 2. The zero-order valence-corrected chi connectivity index (χ0v) is 14.2. The fraction of sp³-hybridized carbons (Fsp3) is 0.529. The highest BCUT2D eigenvalue weighted by Crippen LogP contribution is 2.29. The first-order chi connectivity index (χ1) is 12.1. The minimum Gasteiger partial charge on any atom is -0.369 e. The molecule has 0 unspecified atom stereocenters. The zero-order chi connectivity index (χ0) is 17.4. The van der Waals surface area contributed by atoms with E-state index in [1.807, 2.05) is 0 Å². The van der Waals surface area contributed by atoms with Gasteiger partial charge in [-0.25, -0.2) is 4.39 Å². The van der Waals surface area contributed by atoms with Crippen molar-refractivity contribution in [2.45, 2.75) is 19.3 Å². The lowest BCUT2D eigenvalue weighted by Gasteiger charge is -2.22. The summed E-state index contributed by atoms with van der Waals surface area (Å²) in [7, 11) is 0. The summed E-state index contributed by atoms with van der Waals surface area (Å²) in [6, 6.07) is 5.03. The molecule has 2 aliphatic heterocycles. The summed E-state index contributed by atoms with van der Waals surface area (Å²) in [5.74, 6) is 0.568. The predicted molar refractivity (Wildman–Crippen MR) is 96.1 cm³/mol. The van der Waals surface area contributed by atoms with E-state index in [4.69, 9.17) is 11.5 Å². The molecule has 2 saturated heterocycles. The quantitative estimate of drug-likeness (QED) is 0.873. The van der Waals surface area contributed by atoms with Gasteiger partial charge in [0, 0.05) is 25.7 Å². The highest BCUT2D eigenvalue weighted by Gasteiger charge is 2.27. The van der Waals surface area contributed by atoms with Crippen LogP contribution in [0.3, 0.4) is 0 Å². The molecule has 1 atom stereocenters. The molecular formula is C17H24FN7. The Morgan fingerprint density at radius 3 is 2.64 bits per heavy atom. The van der Waals surface area contributed by atoms with Crippen molar-refractivity contribution in [3.63, 3.8) is 0 Å². The van der Waals surface area contributed by atoms with E-state index in [2.05, 4.69) is 19.9 Å². The molecule has 7 nitrogen and oxygen atoms in total. The number of benzene rings is 1. The largest absolute Gasteiger partial charge is 0.369 e. The van der Waals surface area contributed by atoms with E-state index in [1.165, 1.54) is 36.7 Å². The van der Waals surface area contributed by atoms with Crippen LogP contribution < -0.4 is 16.4 Å². The number of aromatic nitrogens is 3. The van der Waals surface area contributed by atoms with Crippen molar-refractivity contribution in [1.82, 2.24) is 19.7 Å². The normalized spacial score (nSPS) is 21.3. The second-order valence-corrected chi connectivity index (χ2v) is 6.98. The molecule has 4 rings (SSSR count). The summed E-state index contributed by atoms with van der Waals surface area (Å²) in [5, 5.41) is 3.99. The Kier molecular flexibility index (Phi) is 4.20. The van der Waals surface area contributed by atoms with Crippen LogP contribution in [0.15, 0.2) is 18.2 Å². The van der Waals surface area contributed by atoms with E-state index in [0.29, 0.717) is 17.3 Å². The van der Waals surface area contributed by atoms with E-state index in [-0.39, 0.29) is 17.7 Å². The molecule has 0 bridgehead atoms. The van der Waals surface area contributed by atoms with Crippen LogP contribution in [0, 0.1) is 11.7 Å². The molecule has 0 spiro atoms. The Bertz CT molecular complexity index is 753. The molecule has 2 aliphatic rings. The third-order valence-electron chi connectivity index (χ3n) is 5.17. The minimum absolute atomic E-state index is 0.0753. The molecule has 134 valence electrons. The maximum Gasteiger partial charge on any atom is 0.241 e. The summed E-state index contributed by atoms with van der Waals surface area (Å²) in [4.78, 5) is 8.52. The number of anilines is 3. The van der Waals surface area contributed by atoms with Crippen LogP contribution in [-0.4, -0.2) is 52.4 Å². The number of rotatable bonds is 4. The minimum atomic E-state index is -0.271. The Labute approximate surface area is 146 Å². The maximum absolute atomic E-state index is 14.7. The smallest absolute Gasteiger partial charge is 0.241 e. The van der Waals surface area contributed by atoms with Crippen molar-refractivity contribution in [2.24, 2.45) is 5.92 Å². The molecule has 3 heterocycles. The first kappa shape index (κ1) is 16.1. The van der Waals surface area contributed by atoms with Crippen molar-refractivity contribution >= 4 is 17.6 Å². The molecule has 1 aromatic carbocycles. The second-order valence-electron chi connectivity index (χ2n) is 6.98. The standard InChI is InChI=1S/C17H24FN7/c18-14-9-13(25-17(20)21-16(19)22-25)3-4-15(14)24-8-5-12(11-24)10-23-6-1-2-7-23/h3-4,9,12H,1-2,5-8,10-11H2,(H4,19,20,21,22)/t12-/m0/s1. The molecule has 8 heteroatoms. The first-order valence-corrected chi connectivity index (χ1v) is 8.85. The van der Waals surface area contributed by atoms with Gasteiger partial charge in [-0.1, -0.05) is 0 Å². The van der Waals surface area contributed by atoms with E-state index < -0.39 is 0 Å². The van der Waals surface area contributed by atoms with Crippen LogP contribution in [-0.2, 0) is 0 Å². The van der Waals surface area contributed by atoms with Crippen LogP contribution in [0.4, 0.5) is 22.0 Å². The molecule has 2 aromatic rings. The highest BCUT2D eigenvalue weighted by atomic mass is 19.1. The number of nitrogens with zero attached hydrogens (tertiary/aromatic N) is 5. The van der Waals surface area contributed by atoms with Gasteiger partial charge in [0.25, 0.3) is 0 Å². The third kappa shape index (κ3) is 3.26. The van der Waals surface area contributed by atoms with E-state index in [0.717, 1.165) is 26.1 Å². The number of likely N-dealkylation sites (tertiary alicyclic amines) is 1. The molecule has 25 heavy (non-hydrogen) atoms. The van der Waals surface area contributed by atoms with Crippen molar-refractivity contribution in [2.75, 3.05) is 49.1 Å². The first-order valence-electron chi connectivity index (χ1n) is 8.85. The fourth-order valence-electron chi connectivity index (χ4n) is 3.95. The van der Waals surface area contributed by atoms with Gasteiger partial charge in [0.1, 0.15) is 5.82 Å². The van der Waals surface area contributed by atoms with Gasteiger partial charge in [-0.2, -0.15) is 9.67 Å². The Hall–Kier alpha value is -2.35. The molecule has 0 saturated carbocycles. The fourth-order valence-corrected chi connectivity index (χ4v) is 3.95. The second kappa shape index (κ2) is 6.51. The van der Waals surface area contributed by atoms with Gasteiger partial charge < -0.3 is 21.3 Å². The molecule has 1 aromatic heterocycles. The predicted octanol–water partition coefficient (Wildman–Crippen LogP) is 1.49. The monoisotopic (exact) mass is 345 g/mol. The lowest BCUT2D eigenvalue weighted by atomic mass is 10.1. The summed E-state index contributed by atoms with van der Waals surface area (Å²) in [6.45, 7) is 5.35. The summed E-state index contributed by atoms with van der Waals surface area (Å²) >= 11 is 0. The topological polar surface area (TPSA) is 89.2 Å². The third-order valence-corrected chi connectivity index (χ3v) is 5.17. The van der Waals surface area contributed by atoms with Crippen molar-refractivity contribution in [1.29, 1.82) is 0 Å². The van der Waals surface area contributed by atoms with Gasteiger partial charge in [0.15, 0.2) is 0 Å². The van der Waals surface area contributed by atoms with Gasteiger partial charge in [-0.3, -0.25) is 0 Å². The van der Waals surface area contributed by atoms with Crippen LogP contribution in [0.5, 0.6) is 0 Å². The van der Waals surface area contributed by atoms with E-state index >= 15 is 0 Å². The Morgan fingerprint density at radius 2 is 1.96 bits per heavy atom. The molecule has 0 amide bonds. The Morgan fingerprint density at radius 1 is 1.16 bits per heavy atom. The van der Waals surface area contributed by atoms with Gasteiger partial charge in [0.05, 0.1) is 11.4 Å². The summed E-state index contributed by atoms with van der Waals surface area (Å²) < 4.78 is 16.0. The van der Waals surface area contributed by atoms with Crippen LogP contribution in [0.25, 0.3) is 5.69 Å². The van der Waals surface area contributed by atoms with Gasteiger partial charge >= 0.3 is 0 Å². The summed E-state index contributed by atoms with van der Waals surface area (Å²) in [5.41, 5.74) is 12.5. The zero-order valence-electron chi connectivity index (χ0n) is 14.2. The SMILES string of the molecule is Nc1nc(N)n(-c2ccc(N3CC[C@@H](CN4CCCC4)C3)c(F)c2)n1. The lowest BCUT2D eigenvalue weighted by Crippen LogP contribution is -2.29. The number of halogens is 1. The average molecular weight is 345 g/mol.